The van der Waals surface area contributed by atoms with Gasteiger partial charge in [-0.3, -0.25) is 10.2 Å². The number of nitrogens with one attached hydrogen (secondary N) is 1. The zero-order valence-corrected chi connectivity index (χ0v) is 11.9. The highest BCUT2D eigenvalue weighted by atomic mass is 35.5. The molecule has 4 heteroatoms. The summed E-state index contributed by atoms with van der Waals surface area (Å²) >= 11 is 5.80. The average molecular weight is 287 g/mol. The van der Waals surface area contributed by atoms with Gasteiger partial charge in [0.25, 0.3) is 0 Å². The normalized spacial score (nSPS) is 11.2. The molecule has 0 fully saturated rings. The summed E-state index contributed by atoms with van der Waals surface area (Å²) in [7, 11) is 0. The molecule has 102 valence electrons. The zero-order chi connectivity index (χ0) is 14.4. The first-order chi connectivity index (χ1) is 9.65. The van der Waals surface area contributed by atoms with E-state index in [0.29, 0.717) is 17.2 Å². The highest BCUT2D eigenvalue weighted by Gasteiger charge is 2.07. The van der Waals surface area contributed by atoms with E-state index < -0.39 is 0 Å². The molecule has 0 aliphatic heterocycles. The highest BCUT2D eigenvalue weighted by Crippen LogP contribution is 2.13. The molecule has 0 atom stereocenters. The second-order valence-corrected chi connectivity index (χ2v) is 4.84. The van der Waals surface area contributed by atoms with Gasteiger partial charge in [-0.15, -0.1) is 0 Å². The minimum Gasteiger partial charge on any atom is -0.292 e. The van der Waals surface area contributed by atoms with Gasteiger partial charge in [0.2, 0.25) is 0 Å². The monoisotopic (exact) mass is 286 g/mol. The van der Waals surface area contributed by atoms with Crippen LogP contribution in [-0.4, -0.2) is 11.5 Å². The number of hydrogen-bond acceptors (Lipinski definition) is 3. The molecule has 0 heterocycles. The number of hydrogen-bond donors (Lipinski definition) is 1. The maximum Gasteiger partial charge on any atom is 0.182 e. The van der Waals surface area contributed by atoms with Crippen molar-refractivity contribution in [1.29, 1.82) is 0 Å². The lowest BCUT2D eigenvalue weighted by Crippen LogP contribution is -2.14. The van der Waals surface area contributed by atoms with E-state index in [-0.39, 0.29) is 5.78 Å². The highest BCUT2D eigenvalue weighted by molar-refractivity contribution is 6.39. The quantitative estimate of drug-likeness (QED) is 0.668. The molecule has 0 radical (unpaired) electrons. The molecule has 0 aliphatic carbocycles. The van der Waals surface area contributed by atoms with Gasteiger partial charge in [-0.1, -0.05) is 41.9 Å². The summed E-state index contributed by atoms with van der Waals surface area (Å²) in [6, 6.07) is 16.8. The molecular weight excluding hydrogens is 272 g/mol. The van der Waals surface area contributed by atoms with Crippen molar-refractivity contribution in [3.8, 4) is 0 Å². The number of benzene rings is 2. The summed E-state index contributed by atoms with van der Waals surface area (Å²) in [5, 5.41) is 4.76. The van der Waals surface area contributed by atoms with Crippen LogP contribution in [0.15, 0.2) is 59.7 Å². The number of halogens is 1. The van der Waals surface area contributed by atoms with Crippen LogP contribution in [0.3, 0.4) is 0 Å². The molecule has 2 rings (SSSR count). The topological polar surface area (TPSA) is 41.5 Å². The molecule has 3 nitrogen and oxygen atoms in total. The molecule has 1 N–H and O–H groups in total. The molecule has 0 saturated carbocycles. The molecule has 0 unspecified atom stereocenters. The van der Waals surface area contributed by atoms with Crippen molar-refractivity contribution in [1.82, 2.24) is 0 Å². The Labute approximate surface area is 123 Å². The van der Waals surface area contributed by atoms with Crippen molar-refractivity contribution in [2.24, 2.45) is 5.10 Å². The number of nitrogens with zero attached hydrogens (tertiary/aromatic N) is 1. The molecule has 0 aliphatic rings. The van der Waals surface area contributed by atoms with Crippen molar-refractivity contribution < 1.29 is 4.79 Å². The van der Waals surface area contributed by atoms with Gasteiger partial charge in [-0.05, 0) is 36.8 Å². The van der Waals surface area contributed by atoms with Gasteiger partial charge in [-0.2, -0.15) is 5.10 Å². The predicted octanol–water partition coefficient (Wildman–Crippen LogP) is 3.94. The molecule has 0 saturated heterocycles. The van der Waals surface area contributed by atoms with Crippen molar-refractivity contribution in [3.63, 3.8) is 0 Å². The third kappa shape index (κ3) is 4.21. The SMILES string of the molecule is CC(=NNc1ccc(Cl)cc1)C(=O)Cc1ccccc1. The lowest BCUT2D eigenvalue weighted by molar-refractivity contribution is -0.112. The minimum absolute atomic E-state index is 0.00216. The Hall–Kier alpha value is -2.13. The molecule has 0 aromatic heterocycles. The van der Waals surface area contributed by atoms with Crippen LogP contribution in [0.4, 0.5) is 5.69 Å². The van der Waals surface area contributed by atoms with Gasteiger partial charge in [0.15, 0.2) is 5.78 Å². The first-order valence-corrected chi connectivity index (χ1v) is 6.66. The number of ketones is 1. The lowest BCUT2D eigenvalue weighted by atomic mass is 10.1. The number of Topliss-reactive ketones (excluding diaryl/α,β-unsaturated/α-hetero) is 1. The van der Waals surface area contributed by atoms with Crippen molar-refractivity contribution >= 4 is 28.8 Å². The minimum atomic E-state index is -0.00216. The van der Waals surface area contributed by atoms with Crippen LogP contribution in [0, 0.1) is 0 Å². The number of carbonyl (C=O) groups is 1. The van der Waals surface area contributed by atoms with Crippen LogP contribution in [0.25, 0.3) is 0 Å². The third-order valence-electron chi connectivity index (χ3n) is 2.81. The van der Waals surface area contributed by atoms with Crippen molar-refractivity contribution in [3.05, 3.63) is 65.2 Å². The molecule has 2 aromatic carbocycles. The van der Waals surface area contributed by atoms with E-state index in [2.05, 4.69) is 10.5 Å². The first kappa shape index (κ1) is 14.3. The van der Waals surface area contributed by atoms with Crippen molar-refractivity contribution in [2.75, 3.05) is 5.43 Å². The Morgan fingerprint density at radius 2 is 1.75 bits per heavy atom. The van der Waals surface area contributed by atoms with Gasteiger partial charge >= 0.3 is 0 Å². The second kappa shape index (κ2) is 6.87. The second-order valence-electron chi connectivity index (χ2n) is 4.40. The number of hydrazone groups is 1. The van der Waals surface area contributed by atoms with Crippen LogP contribution in [0.1, 0.15) is 12.5 Å². The zero-order valence-electron chi connectivity index (χ0n) is 11.1. The maximum absolute atomic E-state index is 12.0. The van der Waals surface area contributed by atoms with E-state index in [1.54, 1.807) is 31.2 Å². The van der Waals surface area contributed by atoms with Crippen LogP contribution >= 0.6 is 11.6 Å². The van der Waals surface area contributed by atoms with Gasteiger partial charge in [0.1, 0.15) is 5.71 Å². The Morgan fingerprint density at radius 1 is 1.10 bits per heavy atom. The van der Waals surface area contributed by atoms with E-state index in [9.17, 15) is 4.79 Å². The molecule has 0 amide bonds. The van der Waals surface area contributed by atoms with Gasteiger partial charge < -0.3 is 0 Å². The summed E-state index contributed by atoms with van der Waals surface area (Å²) < 4.78 is 0. The standard InChI is InChI=1S/C16H15ClN2O/c1-12(16(20)11-13-5-3-2-4-6-13)18-19-15-9-7-14(17)8-10-15/h2-10,19H,11H2,1H3. The van der Waals surface area contributed by atoms with Crippen LogP contribution in [0.5, 0.6) is 0 Å². The Kier molecular flexibility index (Phi) is 4.91. The van der Waals surface area contributed by atoms with Gasteiger partial charge in [0.05, 0.1) is 5.69 Å². The Balaban J connectivity index is 1.96. The largest absolute Gasteiger partial charge is 0.292 e. The molecule has 0 bridgehead atoms. The van der Waals surface area contributed by atoms with Crippen LogP contribution < -0.4 is 5.43 Å². The first-order valence-electron chi connectivity index (χ1n) is 6.28. The van der Waals surface area contributed by atoms with Crippen molar-refractivity contribution in [2.45, 2.75) is 13.3 Å². The summed E-state index contributed by atoms with van der Waals surface area (Å²) in [4.78, 5) is 12.0. The Bertz CT molecular complexity index is 606. The smallest absolute Gasteiger partial charge is 0.182 e. The van der Waals surface area contributed by atoms with E-state index in [1.165, 1.54) is 0 Å². The number of rotatable bonds is 5. The van der Waals surface area contributed by atoms with E-state index in [0.717, 1.165) is 11.3 Å². The molecule has 2 aromatic rings. The average Bonchev–Trinajstić information content (AvgIpc) is 2.47. The lowest BCUT2D eigenvalue weighted by Gasteiger charge is -2.03. The van der Waals surface area contributed by atoms with Gasteiger partial charge in [-0.25, -0.2) is 0 Å². The van der Waals surface area contributed by atoms with E-state index in [4.69, 9.17) is 11.6 Å². The van der Waals surface area contributed by atoms with Crippen LogP contribution in [-0.2, 0) is 11.2 Å². The maximum atomic E-state index is 12.0. The fourth-order valence-electron chi connectivity index (χ4n) is 1.64. The van der Waals surface area contributed by atoms with E-state index in [1.807, 2.05) is 30.3 Å². The van der Waals surface area contributed by atoms with Gasteiger partial charge in [0, 0.05) is 11.4 Å². The fraction of sp³-hybridized carbons (Fsp3) is 0.125. The summed E-state index contributed by atoms with van der Waals surface area (Å²) in [5.74, 6) is -0.00216. The molecule has 0 spiro atoms. The number of carbonyl (C=O) groups excluding carboxylic acids is 1. The number of anilines is 1. The predicted molar refractivity (Wildman–Crippen MR) is 83.3 cm³/mol. The summed E-state index contributed by atoms with van der Waals surface area (Å²) in [6.07, 6.45) is 0.360. The van der Waals surface area contributed by atoms with Crippen LogP contribution in [0.2, 0.25) is 5.02 Å². The molecular formula is C16H15ClN2O. The molecule has 20 heavy (non-hydrogen) atoms. The summed E-state index contributed by atoms with van der Waals surface area (Å²) in [6.45, 7) is 1.70. The van der Waals surface area contributed by atoms with E-state index >= 15 is 0 Å². The fourth-order valence-corrected chi connectivity index (χ4v) is 1.77. The third-order valence-corrected chi connectivity index (χ3v) is 3.06. The Morgan fingerprint density at radius 3 is 2.40 bits per heavy atom. The summed E-state index contributed by atoms with van der Waals surface area (Å²) in [5.41, 5.74) is 5.07.